The van der Waals surface area contributed by atoms with Gasteiger partial charge in [-0.3, -0.25) is 0 Å². The molecule has 2 nitrogen and oxygen atoms in total. The topological polar surface area (TPSA) is 21.3 Å². The molecule has 20 heavy (non-hydrogen) atoms. The maximum atomic E-state index is 12.3. The molecule has 1 heterocycles. The number of thiophene rings is 1. The molecule has 0 saturated carbocycles. The Kier molecular flexibility index (Phi) is 5.07. The molecule has 0 bridgehead atoms. The molecule has 1 aromatic heterocycles. The number of nitrogens with one attached hydrogen (secondary N) is 1. The van der Waals surface area contributed by atoms with E-state index in [-0.39, 0.29) is 11.8 Å². The second-order valence-electron chi connectivity index (χ2n) is 4.02. The van der Waals surface area contributed by atoms with Crippen molar-refractivity contribution in [1.82, 2.24) is 0 Å². The standard InChI is InChI=1S/C13H11Cl2F2NOS/c1-7(8-6-11(14)20-12(8)15)18-9-4-2-3-5-10(9)19-13(16)17/h2-7,13,18H,1H3. The maximum Gasteiger partial charge on any atom is 0.387 e. The lowest BCUT2D eigenvalue weighted by Gasteiger charge is -2.17. The van der Waals surface area contributed by atoms with Crippen molar-refractivity contribution in [2.45, 2.75) is 19.6 Å². The number of rotatable bonds is 5. The van der Waals surface area contributed by atoms with Crippen LogP contribution in [-0.4, -0.2) is 6.61 Å². The summed E-state index contributed by atoms with van der Waals surface area (Å²) in [7, 11) is 0. The van der Waals surface area contributed by atoms with Gasteiger partial charge in [-0.2, -0.15) is 8.78 Å². The second-order valence-corrected chi connectivity index (χ2v) is 6.31. The van der Waals surface area contributed by atoms with Gasteiger partial charge in [-0.1, -0.05) is 35.3 Å². The summed E-state index contributed by atoms with van der Waals surface area (Å²) in [5, 5.41) is 3.09. The van der Waals surface area contributed by atoms with Crippen molar-refractivity contribution in [1.29, 1.82) is 0 Å². The number of anilines is 1. The zero-order valence-corrected chi connectivity index (χ0v) is 12.7. The Bertz CT molecular complexity index is 592. The molecule has 7 heteroatoms. The minimum Gasteiger partial charge on any atom is -0.433 e. The normalized spacial score (nSPS) is 12.5. The van der Waals surface area contributed by atoms with Crippen molar-refractivity contribution in [3.05, 3.63) is 44.6 Å². The van der Waals surface area contributed by atoms with E-state index in [0.29, 0.717) is 14.4 Å². The number of benzene rings is 1. The fourth-order valence-corrected chi connectivity index (χ4v) is 3.39. The van der Waals surface area contributed by atoms with Gasteiger partial charge in [0.1, 0.15) is 5.75 Å². The molecular weight excluding hydrogens is 327 g/mol. The second kappa shape index (κ2) is 6.61. The van der Waals surface area contributed by atoms with Crippen molar-refractivity contribution in [2.24, 2.45) is 0 Å². The highest BCUT2D eigenvalue weighted by molar-refractivity contribution is 7.20. The largest absolute Gasteiger partial charge is 0.433 e. The van der Waals surface area contributed by atoms with E-state index in [1.807, 2.05) is 6.92 Å². The number of alkyl halides is 2. The van der Waals surface area contributed by atoms with Gasteiger partial charge in [0.05, 0.1) is 20.4 Å². The molecule has 0 aliphatic rings. The van der Waals surface area contributed by atoms with E-state index in [0.717, 1.165) is 5.56 Å². The first-order valence-electron chi connectivity index (χ1n) is 5.72. The van der Waals surface area contributed by atoms with Crippen LogP contribution in [0, 0.1) is 0 Å². The highest BCUT2D eigenvalue weighted by Crippen LogP contribution is 2.37. The van der Waals surface area contributed by atoms with Crippen LogP contribution in [0.15, 0.2) is 30.3 Å². The lowest BCUT2D eigenvalue weighted by Crippen LogP contribution is -2.09. The summed E-state index contributed by atoms with van der Waals surface area (Å²) in [5.74, 6) is 0.0896. The van der Waals surface area contributed by atoms with E-state index in [1.54, 1.807) is 24.3 Å². The molecule has 0 aliphatic carbocycles. The minimum absolute atomic E-state index is 0.0896. The molecule has 0 saturated heterocycles. The first kappa shape index (κ1) is 15.4. The van der Waals surface area contributed by atoms with Gasteiger partial charge in [-0.15, -0.1) is 11.3 Å². The van der Waals surface area contributed by atoms with Crippen LogP contribution in [0.4, 0.5) is 14.5 Å². The Morgan fingerprint density at radius 1 is 1.25 bits per heavy atom. The van der Waals surface area contributed by atoms with Crippen LogP contribution in [-0.2, 0) is 0 Å². The molecule has 1 atom stereocenters. The number of ether oxygens (including phenoxy) is 1. The van der Waals surface area contributed by atoms with E-state index in [9.17, 15) is 8.78 Å². The molecule has 0 radical (unpaired) electrons. The van der Waals surface area contributed by atoms with E-state index in [1.165, 1.54) is 17.4 Å². The van der Waals surface area contributed by atoms with Crippen LogP contribution in [0.2, 0.25) is 8.67 Å². The van der Waals surface area contributed by atoms with Crippen LogP contribution in [0.3, 0.4) is 0 Å². The van der Waals surface area contributed by atoms with Crippen LogP contribution >= 0.6 is 34.5 Å². The molecule has 108 valence electrons. The third kappa shape index (κ3) is 3.75. The fraction of sp³-hybridized carbons (Fsp3) is 0.231. The van der Waals surface area contributed by atoms with Crippen LogP contribution in [0.1, 0.15) is 18.5 Å². The average Bonchev–Trinajstić information content (AvgIpc) is 2.70. The molecular formula is C13H11Cl2F2NOS. The maximum absolute atomic E-state index is 12.3. The zero-order valence-electron chi connectivity index (χ0n) is 10.4. The smallest absolute Gasteiger partial charge is 0.387 e. The van der Waals surface area contributed by atoms with Crippen molar-refractivity contribution in [2.75, 3.05) is 5.32 Å². The molecule has 2 rings (SSSR count). The summed E-state index contributed by atoms with van der Waals surface area (Å²) >= 11 is 13.2. The molecule has 1 aromatic carbocycles. The summed E-state index contributed by atoms with van der Waals surface area (Å²) in [4.78, 5) is 0. The molecule has 0 fully saturated rings. The third-order valence-corrected chi connectivity index (χ3v) is 4.14. The monoisotopic (exact) mass is 337 g/mol. The molecule has 2 aromatic rings. The van der Waals surface area contributed by atoms with Crippen molar-refractivity contribution < 1.29 is 13.5 Å². The summed E-state index contributed by atoms with van der Waals surface area (Å²) < 4.78 is 30.3. The van der Waals surface area contributed by atoms with Gasteiger partial charge in [0.2, 0.25) is 0 Å². The van der Waals surface area contributed by atoms with Crippen LogP contribution < -0.4 is 10.1 Å². The molecule has 1 N–H and O–H groups in total. The lowest BCUT2D eigenvalue weighted by atomic mass is 10.1. The number of para-hydroxylation sites is 2. The van der Waals surface area contributed by atoms with E-state index >= 15 is 0 Å². The highest BCUT2D eigenvalue weighted by Gasteiger charge is 2.16. The number of hydrogen-bond acceptors (Lipinski definition) is 3. The van der Waals surface area contributed by atoms with Crippen molar-refractivity contribution in [3.8, 4) is 5.75 Å². The van der Waals surface area contributed by atoms with Crippen LogP contribution in [0.25, 0.3) is 0 Å². The lowest BCUT2D eigenvalue weighted by molar-refractivity contribution is -0.0493. The highest BCUT2D eigenvalue weighted by atomic mass is 35.5. The predicted molar refractivity (Wildman–Crippen MR) is 79.5 cm³/mol. The van der Waals surface area contributed by atoms with Crippen molar-refractivity contribution in [3.63, 3.8) is 0 Å². The van der Waals surface area contributed by atoms with Gasteiger partial charge in [-0.25, -0.2) is 0 Å². The van der Waals surface area contributed by atoms with Gasteiger partial charge in [0.15, 0.2) is 0 Å². The summed E-state index contributed by atoms with van der Waals surface area (Å²) in [5.41, 5.74) is 1.28. The summed E-state index contributed by atoms with van der Waals surface area (Å²) in [6.45, 7) is -1.00. The molecule has 0 aliphatic heterocycles. The van der Waals surface area contributed by atoms with Gasteiger partial charge < -0.3 is 10.1 Å². The van der Waals surface area contributed by atoms with Crippen LogP contribution in [0.5, 0.6) is 5.75 Å². The van der Waals surface area contributed by atoms with Gasteiger partial charge in [0, 0.05) is 5.56 Å². The SMILES string of the molecule is CC(Nc1ccccc1OC(F)F)c1cc(Cl)sc1Cl. The first-order chi connectivity index (χ1) is 9.47. The summed E-state index contributed by atoms with van der Waals surface area (Å²) in [6, 6.07) is 8.06. The first-order valence-corrected chi connectivity index (χ1v) is 7.29. The Morgan fingerprint density at radius 3 is 2.55 bits per heavy atom. The number of hydrogen-bond donors (Lipinski definition) is 1. The molecule has 0 spiro atoms. The Hall–Kier alpha value is -1.04. The molecule has 0 amide bonds. The van der Waals surface area contributed by atoms with Gasteiger partial charge in [-0.05, 0) is 25.1 Å². The summed E-state index contributed by atoms with van der Waals surface area (Å²) in [6.07, 6.45) is 0. The van der Waals surface area contributed by atoms with Crippen molar-refractivity contribution >= 4 is 40.2 Å². The Morgan fingerprint density at radius 2 is 1.95 bits per heavy atom. The Labute approximate surface area is 129 Å². The quantitative estimate of drug-likeness (QED) is 0.741. The predicted octanol–water partition coefficient (Wildman–Crippen LogP) is 5.83. The minimum atomic E-state index is -2.87. The van der Waals surface area contributed by atoms with E-state index in [4.69, 9.17) is 23.2 Å². The zero-order chi connectivity index (χ0) is 14.7. The third-order valence-electron chi connectivity index (χ3n) is 2.62. The van der Waals surface area contributed by atoms with Gasteiger partial charge >= 0.3 is 6.61 Å². The average molecular weight is 338 g/mol. The van der Waals surface area contributed by atoms with Gasteiger partial charge in [0.25, 0.3) is 0 Å². The number of halogens is 4. The Balaban J connectivity index is 2.19. The fourth-order valence-electron chi connectivity index (χ4n) is 1.74. The molecule has 1 unspecified atom stereocenters. The van der Waals surface area contributed by atoms with E-state index < -0.39 is 6.61 Å². The van der Waals surface area contributed by atoms with E-state index in [2.05, 4.69) is 10.1 Å².